The molecule has 3 heteroatoms. The SMILES string of the molecule is C=CCCCCCNCC1(O)CCOC1C. The van der Waals surface area contributed by atoms with E-state index in [4.69, 9.17) is 4.74 Å². The molecule has 0 bridgehead atoms. The average molecular weight is 227 g/mol. The molecular formula is C13H25NO2. The van der Waals surface area contributed by atoms with Gasteiger partial charge in [0.15, 0.2) is 0 Å². The molecule has 1 aliphatic rings. The fraction of sp³-hybridized carbons (Fsp3) is 0.846. The minimum absolute atomic E-state index is 0.0410. The summed E-state index contributed by atoms with van der Waals surface area (Å²) in [5.74, 6) is 0. The van der Waals surface area contributed by atoms with Crippen LogP contribution in [0.15, 0.2) is 12.7 Å². The van der Waals surface area contributed by atoms with E-state index in [1.807, 2.05) is 13.0 Å². The Hall–Kier alpha value is -0.380. The van der Waals surface area contributed by atoms with Gasteiger partial charge >= 0.3 is 0 Å². The van der Waals surface area contributed by atoms with Crippen molar-refractivity contribution >= 4 is 0 Å². The van der Waals surface area contributed by atoms with Gasteiger partial charge in [-0.05, 0) is 32.7 Å². The first-order chi connectivity index (χ1) is 7.69. The minimum atomic E-state index is -0.652. The topological polar surface area (TPSA) is 41.5 Å². The lowest BCUT2D eigenvalue weighted by atomic mass is 9.97. The molecule has 2 N–H and O–H groups in total. The lowest BCUT2D eigenvalue weighted by Crippen LogP contribution is -2.46. The largest absolute Gasteiger partial charge is 0.386 e. The highest BCUT2D eigenvalue weighted by Gasteiger charge is 2.38. The highest BCUT2D eigenvalue weighted by atomic mass is 16.5. The smallest absolute Gasteiger partial charge is 0.105 e. The minimum Gasteiger partial charge on any atom is -0.386 e. The van der Waals surface area contributed by atoms with E-state index in [1.165, 1.54) is 19.3 Å². The molecule has 1 saturated heterocycles. The molecule has 0 aromatic carbocycles. The zero-order chi connectivity index (χ0) is 11.9. The molecule has 0 amide bonds. The monoisotopic (exact) mass is 227 g/mol. The molecule has 0 saturated carbocycles. The number of ether oxygens (including phenoxy) is 1. The van der Waals surface area contributed by atoms with E-state index in [1.54, 1.807) is 0 Å². The van der Waals surface area contributed by atoms with Crippen LogP contribution >= 0.6 is 0 Å². The molecule has 0 spiro atoms. The van der Waals surface area contributed by atoms with Gasteiger partial charge in [-0.1, -0.05) is 12.5 Å². The molecule has 1 rings (SSSR count). The quantitative estimate of drug-likeness (QED) is 0.491. The Morgan fingerprint density at radius 2 is 2.31 bits per heavy atom. The van der Waals surface area contributed by atoms with Crippen molar-refractivity contribution in [3.05, 3.63) is 12.7 Å². The second-order valence-corrected chi connectivity index (χ2v) is 4.68. The van der Waals surface area contributed by atoms with E-state index >= 15 is 0 Å². The van der Waals surface area contributed by atoms with Crippen LogP contribution in [0.25, 0.3) is 0 Å². The highest BCUT2D eigenvalue weighted by molar-refractivity contribution is 4.91. The van der Waals surface area contributed by atoms with Crippen LogP contribution in [-0.4, -0.2) is 36.5 Å². The van der Waals surface area contributed by atoms with E-state index in [9.17, 15) is 5.11 Å². The zero-order valence-corrected chi connectivity index (χ0v) is 10.4. The molecule has 0 aromatic heterocycles. The maximum absolute atomic E-state index is 10.2. The summed E-state index contributed by atoms with van der Waals surface area (Å²) >= 11 is 0. The van der Waals surface area contributed by atoms with Crippen molar-refractivity contribution in [3.63, 3.8) is 0 Å². The van der Waals surface area contributed by atoms with Crippen LogP contribution in [0, 0.1) is 0 Å². The third kappa shape index (κ3) is 4.24. The Morgan fingerprint density at radius 1 is 1.50 bits per heavy atom. The van der Waals surface area contributed by atoms with Crippen molar-refractivity contribution in [2.75, 3.05) is 19.7 Å². The Labute approximate surface area is 98.9 Å². The summed E-state index contributed by atoms with van der Waals surface area (Å²) in [6, 6.07) is 0. The summed E-state index contributed by atoms with van der Waals surface area (Å²) in [4.78, 5) is 0. The molecule has 1 heterocycles. The number of nitrogens with one attached hydrogen (secondary N) is 1. The third-order valence-electron chi connectivity index (χ3n) is 3.35. The maximum atomic E-state index is 10.2. The van der Waals surface area contributed by atoms with Crippen LogP contribution in [0.5, 0.6) is 0 Å². The van der Waals surface area contributed by atoms with Gasteiger partial charge in [-0.2, -0.15) is 0 Å². The van der Waals surface area contributed by atoms with Gasteiger partial charge in [-0.25, -0.2) is 0 Å². The summed E-state index contributed by atoms with van der Waals surface area (Å²) in [6.45, 7) is 7.95. The van der Waals surface area contributed by atoms with E-state index < -0.39 is 5.60 Å². The predicted octanol–water partition coefficient (Wildman–Crippen LogP) is 1.86. The van der Waals surface area contributed by atoms with Crippen molar-refractivity contribution in [3.8, 4) is 0 Å². The van der Waals surface area contributed by atoms with Gasteiger partial charge in [0.1, 0.15) is 5.60 Å². The number of rotatable bonds is 8. The number of hydrogen-bond acceptors (Lipinski definition) is 3. The first-order valence-electron chi connectivity index (χ1n) is 6.34. The molecule has 16 heavy (non-hydrogen) atoms. The fourth-order valence-electron chi connectivity index (χ4n) is 2.02. The van der Waals surface area contributed by atoms with Crippen LogP contribution in [-0.2, 0) is 4.74 Å². The van der Waals surface area contributed by atoms with Crippen LogP contribution in [0.4, 0.5) is 0 Å². The first-order valence-corrected chi connectivity index (χ1v) is 6.34. The lowest BCUT2D eigenvalue weighted by Gasteiger charge is -2.26. The Morgan fingerprint density at radius 3 is 2.94 bits per heavy atom. The Bertz CT molecular complexity index is 208. The average Bonchev–Trinajstić information content (AvgIpc) is 2.59. The van der Waals surface area contributed by atoms with Crippen molar-refractivity contribution in [1.82, 2.24) is 5.32 Å². The Kier molecular flexibility index (Phi) is 6.03. The van der Waals surface area contributed by atoms with Crippen LogP contribution in [0.3, 0.4) is 0 Å². The maximum Gasteiger partial charge on any atom is 0.105 e. The second kappa shape index (κ2) is 7.05. The van der Waals surface area contributed by atoms with E-state index in [0.29, 0.717) is 13.2 Å². The zero-order valence-electron chi connectivity index (χ0n) is 10.4. The predicted molar refractivity (Wildman–Crippen MR) is 66.5 cm³/mol. The fourth-order valence-corrected chi connectivity index (χ4v) is 2.02. The van der Waals surface area contributed by atoms with Gasteiger partial charge < -0.3 is 15.2 Å². The number of unbranched alkanes of at least 4 members (excludes halogenated alkanes) is 3. The molecule has 1 fully saturated rings. The summed E-state index contributed by atoms with van der Waals surface area (Å²) in [7, 11) is 0. The highest BCUT2D eigenvalue weighted by Crippen LogP contribution is 2.24. The van der Waals surface area contributed by atoms with E-state index in [-0.39, 0.29) is 6.10 Å². The molecule has 0 radical (unpaired) electrons. The van der Waals surface area contributed by atoms with Crippen molar-refractivity contribution in [2.24, 2.45) is 0 Å². The van der Waals surface area contributed by atoms with Gasteiger partial charge in [0.25, 0.3) is 0 Å². The molecule has 0 aromatic rings. The first kappa shape index (κ1) is 13.7. The van der Waals surface area contributed by atoms with Crippen LogP contribution in [0.2, 0.25) is 0 Å². The number of hydrogen-bond donors (Lipinski definition) is 2. The van der Waals surface area contributed by atoms with Crippen LogP contribution in [0.1, 0.15) is 39.0 Å². The second-order valence-electron chi connectivity index (χ2n) is 4.68. The number of aliphatic hydroxyl groups is 1. The molecular weight excluding hydrogens is 202 g/mol. The van der Waals surface area contributed by atoms with Crippen molar-refractivity contribution in [1.29, 1.82) is 0 Å². The number of allylic oxidation sites excluding steroid dienone is 1. The van der Waals surface area contributed by atoms with Gasteiger partial charge in [0.2, 0.25) is 0 Å². The molecule has 0 aliphatic carbocycles. The summed E-state index contributed by atoms with van der Waals surface area (Å²) in [6.07, 6.45) is 7.39. The summed E-state index contributed by atoms with van der Waals surface area (Å²) < 4.78 is 5.38. The normalized spacial score (nSPS) is 29.5. The van der Waals surface area contributed by atoms with Gasteiger partial charge in [0.05, 0.1) is 6.10 Å². The molecule has 94 valence electrons. The molecule has 3 nitrogen and oxygen atoms in total. The van der Waals surface area contributed by atoms with E-state index in [0.717, 1.165) is 19.4 Å². The van der Waals surface area contributed by atoms with E-state index in [2.05, 4.69) is 11.9 Å². The standard InChI is InChI=1S/C13H25NO2/c1-3-4-5-6-7-9-14-11-13(15)8-10-16-12(13)2/h3,12,14-15H,1,4-11H2,2H3. The summed E-state index contributed by atoms with van der Waals surface area (Å²) in [5, 5.41) is 13.5. The van der Waals surface area contributed by atoms with Crippen molar-refractivity contribution < 1.29 is 9.84 Å². The third-order valence-corrected chi connectivity index (χ3v) is 3.35. The van der Waals surface area contributed by atoms with Gasteiger partial charge in [0, 0.05) is 19.6 Å². The van der Waals surface area contributed by atoms with Crippen molar-refractivity contribution in [2.45, 2.75) is 50.7 Å². The van der Waals surface area contributed by atoms with Gasteiger partial charge in [-0.15, -0.1) is 6.58 Å². The molecule has 1 aliphatic heterocycles. The molecule has 2 unspecified atom stereocenters. The Balaban J connectivity index is 2.00. The summed E-state index contributed by atoms with van der Waals surface area (Å²) in [5.41, 5.74) is -0.652. The molecule has 2 atom stereocenters. The lowest BCUT2D eigenvalue weighted by molar-refractivity contribution is -0.0260. The van der Waals surface area contributed by atoms with Gasteiger partial charge in [-0.3, -0.25) is 0 Å². The van der Waals surface area contributed by atoms with Crippen LogP contribution < -0.4 is 5.32 Å².